The number of aromatic nitrogens is 2. The summed E-state index contributed by atoms with van der Waals surface area (Å²) >= 11 is 0. The number of nitrogens with one attached hydrogen (secondary N) is 1. The van der Waals surface area contributed by atoms with Gasteiger partial charge in [-0.15, -0.1) is 0 Å². The van der Waals surface area contributed by atoms with Crippen molar-refractivity contribution < 1.29 is 0 Å². The second-order valence-electron chi connectivity index (χ2n) is 5.18. The van der Waals surface area contributed by atoms with Crippen molar-refractivity contribution in [2.24, 2.45) is 7.05 Å². The molecular weight excluding hydrogens is 224 g/mol. The topological polar surface area (TPSA) is 33.1 Å². The van der Waals surface area contributed by atoms with E-state index in [4.69, 9.17) is 0 Å². The molecule has 0 aliphatic carbocycles. The summed E-state index contributed by atoms with van der Waals surface area (Å²) in [5, 5.41) is 7.98. The van der Waals surface area contributed by atoms with Crippen LogP contribution in [0.4, 0.5) is 0 Å². The van der Waals surface area contributed by atoms with Crippen molar-refractivity contribution >= 4 is 0 Å². The van der Waals surface area contributed by atoms with Crippen LogP contribution in [0.5, 0.6) is 0 Å². The molecule has 0 radical (unpaired) electrons. The summed E-state index contributed by atoms with van der Waals surface area (Å²) in [5.41, 5.74) is 2.47. The van der Waals surface area contributed by atoms with Gasteiger partial charge in [-0.1, -0.05) is 6.92 Å². The van der Waals surface area contributed by atoms with Crippen LogP contribution in [0, 0.1) is 0 Å². The van der Waals surface area contributed by atoms with Crippen LogP contribution in [0.1, 0.15) is 37.6 Å². The summed E-state index contributed by atoms with van der Waals surface area (Å²) in [4.78, 5) is 2.57. The summed E-state index contributed by atoms with van der Waals surface area (Å²) in [5.74, 6) is 0. The van der Waals surface area contributed by atoms with Crippen molar-refractivity contribution in [3.05, 3.63) is 17.5 Å². The fraction of sp³-hybridized carbons (Fsp3) is 0.786. The van der Waals surface area contributed by atoms with E-state index in [9.17, 15) is 0 Å². The predicted molar refractivity (Wildman–Crippen MR) is 74.6 cm³/mol. The molecule has 2 rings (SSSR count). The van der Waals surface area contributed by atoms with Gasteiger partial charge in [0, 0.05) is 13.6 Å². The van der Waals surface area contributed by atoms with Crippen LogP contribution >= 0.6 is 0 Å². The Bertz CT molecular complexity index is 353. The molecule has 102 valence electrons. The van der Waals surface area contributed by atoms with Gasteiger partial charge in [-0.2, -0.15) is 5.10 Å². The van der Waals surface area contributed by atoms with Crippen molar-refractivity contribution in [2.45, 2.75) is 39.2 Å². The maximum atomic E-state index is 4.46. The van der Waals surface area contributed by atoms with Crippen LogP contribution in [-0.4, -0.2) is 40.9 Å². The van der Waals surface area contributed by atoms with Crippen molar-refractivity contribution in [3.8, 4) is 0 Å². The summed E-state index contributed by atoms with van der Waals surface area (Å²) in [6, 6.07) is 2.20. The first-order chi connectivity index (χ1) is 8.79. The lowest BCUT2D eigenvalue weighted by Crippen LogP contribution is -2.25. The minimum atomic E-state index is 0.934. The van der Waals surface area contributed by atoms with E-state index in [0.29, 0.717) is 0 Å². The van der Waals surface area contributed by atoms with E-state index >= 15 is 0 Å². The van der Waals surface area contributed by atoms with Crippen molar-refractivity contribution in [1.82, 2.24) is 20.0 Å². The molecule has 18 heavy (non-hydrogen) atoms. The minimum Gasteiger partial charge on any atom is -0.311 e. The largest absolute Gasteiger partial charge is 0.311 e. The summed E-state index contributed by atoms with van der Waals surface area (Å²) in [7, 11) is 2.03. The lowest BCUT2D eigenvalue weighted by Gasteiger charge is -2.14. The zero-order valence-electron chi connectivity index (χ0n) is 11.8. The monoisotopic (exact) mass is 250 g/mol. The maximum Gasteiger partial charge on any atom is 0.0625 e. The van der Waals surface area contributed by atoms with E-state index in [0.717, 1.165) is 19.5 Å². The van der Waals surface area contributed by atoms with Crippen LogP contribution in [0.15, 0.2) is 6.07 Å². The Hall–Kier alpha value is -0.870. The first-order valence-corrected chi connectivity index (χ1v) is 7.24. The van der Waals surface area contributed by atoms with Crippen molar-refractivity contribution in [3.63, 3.8) is 0 Å². The van der Waals surface area contributed by atoms with Gasteiger partial charge in [0.05, 0.1) is 11.4 Å². The normalized spacial score (nSPS) is 16.6. The number of hydrogen-bond donors (Lipinski definition) is 1. The summed E-state index contributed by atoms with van der Waals surface area (Å²) in [6.45, 7) is 8.05. The van der Waals surface area contributed by atoms with Gasteiger partial charge in [0.25, 0.3) is 0 Å². The third-order valence-corrected chi connectivity index (χ3v) is 3.72. The lowest BCUT2D eigenvalue weighted by atomic mass is 10.3. The first kappa shape index (κ1) is 13.6. The van der Waals surface area contributed by atoms with E-state index < -0.39 is 0 Å². The molecule has 0 aromatic carbocycles. The molecule has 4 nitrogen and oxygen atoms in total. The fourth-order valence-electron chi connectivity index (χ4n) is 2.56. The van der Waals surface area contributed by atoms with Gasteiger partial charge >= 0.3 is 0 Å². The Morgan fingerprint density at radius 2 is 2.11 bits per heavy atom. The van der Waals surface area contributed by atoms with Crippen LogP contribution in [0.2, 0.25) is 0 Å². The summed E-state index contributed by atoms with van der Waals surface area (Å²) < 4.78 is 1.99. The Balaban J connectivity index is 1.60. The van der Waals surface area contributed by atoms with Gasteiger partial charge in [0.15, 0.2) is 0 Å². The molecule has 0 saturated carbocycles. The highest BCUT2D eigenvalue weighted by Crippen LogP contribution is 2.07. The van der Waals surface area contributed by atoms with Gasteiger partial charge < -0.3 is 10.2 Å². The number of aryl methyl sites for hydroxylation is 2. The molecule has 0 bridgehead atoms. The number of rotatable bonds is 7. The Morgan fingerprint density at radius 3 is 2.78 bits per heavy atom. The Labute approximate surface area is 110 Å². The Kier molecular flexibility index (Phi) is 5.20. The fourth-order valence-corrected chi connectivity index (χ4v) is 2.56. The van der Waals surface area contributed by atoms with E-state index in [1.807, 2.05) is 11.7 Å². The molecule has 0 atom stereocenters. The van der Waals surface area contributed by atoms with Crippen LogP contribution in [0.25, 0.3) is 0 Å². The van der Waals surface area contributed by atoms with Crippen molar-refractivity contribution in [2.75, 3.05) is 26.2 Å². The average molecular weight is 250 g/mol. The number of hydrogen-bond acceptors (Lipinski definition) is 3. The second-order valence-corrected chi connectivity index (χ2v) is 5.18. The molecule has 1 aliphatic heterocycles. The van der Waals surface area contributed by atoms with Crippen molar-refractivity contribution in [1.29, 1.82) is 0 Å². The predicted octanol–water partition coefficient (Wildman–Crippen LogP) is 1.56. The number of nitrogens with zero attached hydrogens (tertiary/aromatic N) is 3. The first-order valence-electron chi connectivity index (χ1n) is 7.24. The second kappa shape index (κ2) is 6.90. The molecule has 0 amide bonds. The smallest absolute Gasteiger partial charge is 0.0625 e. The van der Waals surface area contributed by atoms with Crippen LogP contribution in [-0.2, 0) is 20.0 Å². The van der Waals surface area contributed by atoms with Crippen LogP contribution in [0.3, 0.4) is 0 Å². The van der Waals surface area contributed by atoms with Gasteiger partial charge in [0.1, 0.15) is 0 Å². The quantitative estimate of drug-likeness (QED) is 0.746. The SMILES string of the molecule is CCc1cc(CNCCCN2CCCC2)n(C)n1. The molecule has 1 aliphatic rings. The van der Waals surface area contributed by atoms with E-state index in [2.05, 4.69) is 28.3 Å². The highest BCUT2D eigenvalue weighted by atomic mass is 15.3. The van der Waals surface area contributed by atoms with E-state index in [1.165, 1.54) is 50.3 Å². The van der Waals surface area contributed by atoms with Gasteiger partial charge in [0.2, 0.25) is 0 Å². The third-order valence-electron chi connectivity index (χ3n) is 3.72. The molecule has 0 unspecified atom stereocenters. The highest BCUT2D eigenvalue weighted by molar-refractivity contribution is 5.09. The van der Waals surface area contributed by atoms with Gasteiger partial charge in [-0.3, -0.25) is 4.68 Å². The molecule has 4 heteroatoms. The molecular formula is C14H26N4. The van der Waals surface area contributed by atoms with Gasteiger partial charge in [-0.25, -0.2) is 0 Å². The average Bonchev–Trinajstić information content (AvgIpc) is 2.99. The maximum absolute atomic E-state index is 4.46. The molecule has 2 heterocycles. The Morgan fingerprint density at radius 1 is 1.33 bits per heavy atom. The molecule has 0 spiro atoms. The molecule has 1 saturated heterocycles. The molecule has 1 N–H and O–H groups in total. The number of likely N-dealkylation sites (tertiary alicyclic amines) is 1. The zero-order valence-corrected chi connectivity index (χ0v) is 11.8. The van der Waals surface area contributed by atoms with Crippen LogP contribution < -0.4 is 5.32 Å². The zero-order chi connectivity index (χ0) is 12.8. The molecule has 1 aromatic rings. The van der Waals surface area contributed by atoms with E-state index in [1.54, 1.807) is 0 Å². The minimum absolute atomic E-state index is 0.934. The summed E-state index contributed by atoms with van der Waals surface area (Å²) in [6.07, 6.45) is 5.05. The third kappa shape index (κ3) is 3.82. The molecule has 1 aromatic heterocycles. The highest BCUT2D eigenvalue weighted by Gasteiger charge is 2.10. The lowest BCUT2D eigenvalue weighted by molar-refractivity contribution is 0.330. The standard InChI is InChI=1S/C14H26N4/c1-3-13-11-14(17(2)16-13)12-15-7-6-10-18-8-4-5-9-18/h11,15H,3-10,12H2,1-2H3. The molecule has 1 fully saturated rings. The van der Waals surface area contributed by atoms with E-state index in [-0.39, 0.29) is 0 Å². The van der Waals surface area contributed by atoms with Gasteiger partial charge in [-0.05, 0) is 57.9 Å².